The number of ether oxygens (including phenoxy) is 1. The standard InChI is InChI=1S/C17H33N3O2/c1-13(18-14-8-11-19(5)12-9-14)15-7-6-10-20(15)16(21)22-17(2,3)4/h13-15,18H,6-12H2,1-5H3/t13?,15-/m0/s1. The minimum Gasteiger partial charge on any atom is -0.444 e. The quantitative estimate of drug-likeness (QED) is 0.869. The number of likely N-dealkylation sites (tertiary alicyclic amines) is 2. The van der Waals surface area contributed by atoms with E-state index in [-0.39, 0.29) is 12.1 Å². The summed E-state index contributed by atoms with van der Waals surface area (Å²) in [5, 5.41) is 3.75. The van der Waals surface area contributed by atoms with Crippen molar-refractivity contribution >= 4 is 6.09 Å². The van der Waals surface area contributed by atoms with E-state index in [1.807, 2.05) is 25.7 Å². The zero-order valence-corrected chi connectivity index (χ0v) is 14.9. The molecule has 0 aromatic heterocycles. The maximum absolute atomic E-state index is 12.4. The highest BCUT2D eigenvalue weighted by Gasteiger charge is 2.36. The molecule has 0 saturated carbocycles. The van der Waals surface area contributed by atoms with Crippen LogP contribution < -0.4 is 5.32 Å². The van der Waals surface area contributed by atoms with Crippen LogP contribution in [0.5, 0.6) is 0 Å². The van der Waals surface area contributed by atoms with Crippen molar-refractivity contribution in [1.29, 1.82) is 0 Å². The highest BCUT2D eigenvalue weighted by Crippen LogP contribution is 2.24. The molecule has 22 heavy (non-hydrogen) atoms. The Hall–Kier alpha value is -0.810. The number of carbonyl (C=O) groups excluding carboxylic acids is 1. The summed E-state index contributed by atoms with van der Waals surface area (Å²) in [6.45, 7) is 11.1. The largest absolute Gasteiger partial charge is 0.444 e. The number of hydrogen-bond acceptors (Lipinski definition) is 4. The van der Waals surface area contributed by atoms with Crippen LogP contribution >= 0.6 is 0 Å². The summed E-state index contributed by atoms with van der Waals surface area (Å²) in [4.78, 5) is 16.7. The fraction of sp³-hybridized carbons (Fsp3) is 0.941. The van der Waals surface area contributed by atoms with Crippen LogP contribution in [0.15, 0.2) is 0 Å². The van der Waals surface area contributed by atoms with Gasteiger partial charge in [-0.3, -0.25) is 0 Å². The van der Waals surface area contributed by atoms with Crippen molar-refractivity contribution in [2.75, 3.05) is 26.7 Å². The number of hydrogen-bond donors (Lipinski definition) is 1. The Morgan fingerprint density at radius 3 is 2.41 bits per heavy atom. The molecule has 0 radical (unpaired) electrons. The topological polar surface area (TPSA) is 44.8 Å². The van der Waals surface area contributed by atoms with E-state index in [2.05, 4.69) is 24.2 Å². The zero-order chi connectivity index (χ0) is 16.3. The second kappa shape index (κ2) is 7.18. The van der Waals surface area contributed by atoms with Crippen LogP contribution in [-0.4, -0.2) is 66.3 Å². The van der Waals surface area contributed by atoms with Crippen LogP contribution in [-0.2, 0) is 4.74 Å². The first-order valence-corrected chi connectivity index (χ1v) is 8.70. The first-order chi connectivity index (χ1) is 10.3. The lowest BCUT2D eigenvalue weighted by atomic mass is 10.0. The molecule has 128 valence electrons. The molecular formula is C17H33N3O2. The molecule has 1 amide bonds. The molecule has 1 unspecified atom stereocenters. The third-order valence-electron chi connectivity index (χ3n) is 4.72. The van der Waals surface area contributed by atoms with Crippen molar-refractivity contribution in [3.63, 3.8) is 0 Å². The number of nitrogens with one attached hydrogen (secondary N) is 1. The molecule has 0 aliphatic carbocycles. The van der Waals surface area contributed by atoms with Crippen LogP contribution in [0.2, 0.25) is 0 Å². The van der Waals surface area contributed by atoms with Gasteiger partial charge in [0.15, 0.2) is 0 Å². The first-order valence-electron chi connectivity index (χ1n) is 8.70. The summed E-state index contributed by atoms with van der Waals surface area (Å²) >= 11 is 0. The van der Waals surface area contributed by atoms with E-state index in [1.165, 1.54) is 12.8 Å². The van der Waals surface area contributed by atoms with Crippen molar-refractivity contribution in [2.45, 2.75) is 77.1 Å². The van der Waals surface area contributed by atoms with E-state index in [4.69, 9.17) is 4.74 Å². The normalized spacial score (nSPS) is 26.2. The summed E-state index contributed by atoms with van der Waals surface area (Å²) in [5.74, 6) is 0. The van der Waals surface area contributed by atoms with E-state index >= 15 is 0 Å². The molecule has 2 atom stereocenters. The van der Waals surface area contributed by atoms with Gasteiger partial charge in [0.05, 0.1) is 6.04 Å². The van der Waals surface area contributed by atoms with Crippen molar-refractivity contribution in [3.8, 4) is 0 Å². The monoisotopic (exact) mass is 311 g/mol. The Bertz CT molecular complexity index is 373. The van der Waals surface area contributed by atoms with E-state index in [0.29, 0.717) is 12.1 Å². The minimum atomic E-state index is -0.422. The molecule has 2 fully saturated rings. The van der Waals surface area contributed by atoms with Gasteiger partial charge in [0, 0.05) is 18.6 Å². The van der Waals surface area contributed by atoms with E-state index in [1.54, 1.807) is 0 Å². The number of rotatable bonds is 3. The zero-order valence-electron chi connectivity index (χ0n) is 14.9. The van der Waals surface area contributed by atoms with Gasteiger partial charge in [0.25, 0.3) is 0 Å². The second-order valence-electron chi connectivity index (χ2n) is 7.92. The lowest BCUT2D eigenvalue weighted by Gasteiger charge is -2.36. The molecule has 2 saturated heterocycles. The molecule has 2 heterocycles. The predicted octanol–water partition coefficient (Wildman–Crippen LogP) is 2.46. The third-order valence-corrected chi connectivity index (χ3v) is 4.72. The maximum Gasteiger partial charge on any atom is 0.410 e. The Morgan fingerprint density at radius 2 is 1.82 bits per heavy atom. The Labute approximate surface area is 135 Å². The molecule has 5 nitrogen and oxygen atoms in total. The van der Waals surface area contributed by atoms with Gasteiger partial charge in [0.2, 0.25) is 0 Å². The smallest absolute Gasteiger partial charge is 0.410 e. The molecule has 1 N–H and O–H groups in total. The van der Waals surface area contributed by atoms with Gasteiger partial charge in [-0.15, -0.1) is 0 Å². The Balaban J connectivity index is 1.88. The van der Waals surface area contributed by atoms with E-state index in [0.717, 1.165) is 32.5 Å². The van der Waals surface area contributed by atoms with Crippen LogP contribution in [0.1, 0.15) is 53.4 Å². The lowest BCUT2D eigenvalue weighted by Crippen LogP contribution is -2.53. The lowest BCUT2D eigenvalue weighted by molar-refractivity contribution is 0.0194. The van der Waals surface area contributed by atoms with Crippen LogP contribution in [0.25, 0.3) is 0 Å². The van der Waals surface area contributed by atoms with Gasteiger partial charge in [-0.25, -0.2) is 4.79 Å². The highest BCUT2D eigenvalue weighted by molar-refractivity contribution is 5.69. The Kier molecular flexibility index (Phi) is 5.72. The average molecular weight is 311 g/mol. The molecule has 2 aliphatic rings. The predicted molar refractivity (Wildman–Crippen MR) is 89.1 cm³/mol. The van der Waals surface area contributed by atoms with Crippen molar-refractivity contribution in [1.82, 2.24) is 15.1 Å². The average Bonchev–Trinajstić information content (AvgIpc) is 2.89. The molecular weight excluding hydrogens is 278 g/mol. The molecule has 5 heteroatoms. The molecule has 0 spiro atoms. The fourth-order valence-corrected chi connectivity index (χ4v) is 3.52. The van der Waals surface area contributed by atoms with Crippen LogP contribution in [0.3, 0.4) is 0 Å². The number of piperidine rings is 1. The van der Waals surface area contributed by atoms with Crippen molar-refractivity contribution < 1.29 is 9.53 Å². The highest BCUT2D eigenvalue weighted by atomic mass is 16.6. The second-order valence-corrected chi connectivity index (χ2v) is 7.92. The first kappa shape index (κ1) is 17.5. The Morgan fingerprint density at radius 1 is 1.18 bits per heavy atom. The summed E-state index contributed by atoms with van der Waals surface area (Å²) in [7, 11) is 2.18. The van der Waals surface area contributed by atoms with Gasteiger partial charge in [0.1, 0.15) is 5.60 Å². The number of amides is 1. The van der Waals surface area contributed by atoms with Gasteiger partial charge in [-0.2, -0.15) is 0 Å². The van der Waals surface area contributed by atoms with Gasteiger partial charge in [-0.1, -0.05) is 0 Å². The molecule has 2 rings (SSSR count). The SMILES string of the molecule is CC(NC1CCN(C)CC1)[C@@H]1CCCN1C(=O)OC(C)(C)C. The van der Waals surface area contributed by atoms with Crippen molar-refractivity contribution in [2.24, 2.45) is 0 Å². The molecule has 2 aliphatic heterocycles. The summed E-state index contributed by atoms with van der Waals surface area (Å²) < 4.78 is 5.56. The van der Waals surface area contributed by atoms with E-state index < -0.39 is 5.60 Å². The van der Waals surface area contributed by atoms with Gasteiger partial charge < -0.3 is 19.9 Å². The van der Waals surface area contributed by atoms with Gasteiger partial charge in [-0.05, 0) is 73.5 Å². The van der Waals surface area contributed by atoms with E-state index in [9.17, 15) is 4.79 Å². The fourth-order valence-electron chi connectivity index (χ4n) is 3.52. The number of nitrogens with zero attached hydrogens (tertiary/aromatic N) is 2. The van der Waals surface area contributed by atoms with Crippen LogP contribution in [0, 0.1) is 0 Å². The molecule has 0 aromatic rings. The van der Waals surface area contributed by atoms with Crippen molar-refractivity contribution in [3.05, 3.63) is 0 Å². The van der Waals surface area contributed by atoms with Gasteiger partial charge >= 0.3 is 6.09 Å². The third kappa shape index (κ3) is 4.85. The number of carbonyl (C=O) groups is 1. The summed E-state index contributed by atoms with van der Waals surface area (Å²) in [6, 6.07) is 1.16. The summed E-state index contributed by atoms with van der Waals surface area (Å²) in [6.07, 6.45) is 4.37. The maximum atomic E-state index is 12.4. The minimum absolute atomic E-state index is 0.160. The summed E-state index contributed by atoms with van der Waals surface area (Å²) in [5.41, 5.74) is -0.422. The molecule has 0 bridgehead atoms. The molecule has 0 aromatic carbocycles. The van der Waals surface area contributed by atoms with Crippen LogP contribution in [0.4, 0.5) is 4.79 Å².